The summed E-state index contributed by atoms with van der Waals surface area (Å²) in [5.74, 6) is -1.80. The van der Waals surface area contributed by atoms with Crippen molar-refractivity contribution in [3.63, 3.8) is 0 Å². The topological polar surface area (TPSA) is 103 Å². The summed E-state index contributed by atoms with van der Waals surface area (Å²) in [6.45, 7) is 4.18. The molecule has 2 aliphatic rings. The van der Waals surface area contributed by atoms with Gasteiger partial charge in [-0.15, -0.1) is 0 Å². The van der Waals surface area contributed by atoms with Crippen molar-refractivity contribution < 1.29 is 32.6 Å². The number of piperazine rings is 2. The number of carbonyl (C=O) groups is 3. The molecule has 0 bridgehead atoms. The fraction of sp³-hybridized carbons (Fsp3) is 0.323. The van der Waals surface area contributed by atoms with Crippen LogP contribution in [0.5, 0.6) is 11.5 Å². The molecule has 10 nitrogen and oxygen atoms in total. The van der Waals surface area contributed by atoms with Gasteiger partial charge in [-0.1, -0.05) is 0 Å². The molecule has 0 saturated carbocycles. The summed E-state index contributed by atoms with van der Waals surface area (Å²) in [6, 6.07) is 12.7. The summed E-state index contributed by atoms with van der Waals surface area (Å²) in [7, 11) is 3.04. The zero-order valence-corrected chi connectivity index (χ0v) is 24.0. The minimum Gasteiger partial charge on any atom is -0.493 e. The van der Waals surface area contributed by atoms with Gasteiger partial charge in [-0.2, -0.15) is 0 Å². The molecule has 5 rings (SSSR count). The Morgan fingerprint density at radius 3 is 1.91 bits per heavy atom. The number of amides is 3. The van der Waals surface area contributed by atoms with Crippen molar-refractivity contribution in [2.45, 2.75) is 0 Å². The first-order chi connectivity index (χ1) is 20.8. The van der Waals surface area contributed by atoms with Gasteiger partial charge in [0.15, 0.2) is 11.5 Å². The molecule has 3 amide bonds. The summed E-state index contributed by atoms with van der Waals surface area (Å²) in [5.41, 5.74) is 1.62. The average molecular weight is 594 g/mol. The molecule has 3 aromatic carbocycles. The maximum absolute atomic E-state index is 13.8. The summed E-state index contributed by atoms with van der Waals surface area (Å²) in [5, 5.41) is 5.97. The lowest BCUT2D eigenvalue weighted by Gasteiger charge is -2.37. The van der Waals surface area contributed by atoms with E-state index >= 15 is 0 Å². The molecule has 0 atom stereocenters. The van der Waals surface area contributed by atoms with Gasteiger partial charge in [-0.05, 0) is 48.5 Å². The minimum absolute atomic E-state index is 0.153. The van der Waals surface area contributed by atoms with Gasteiger partial charge in [0.05, 0.1) is 25.6 Å². The van der Waals surface area contributed by atoms with Crippen LogP contribution in [-0.2, 0) is 0 Å². The standard InChI is InChI=1S/C31H33F2N5O5/c1-42-27-6-4-21(18-28(27)43-2)31(41)38-13-11-36(12-14-38)26-5-3-20(30(40)37-9-7-34-8-10-37)17-25(26)35-29(39)22-15-23(32)19-24(33)16-22/h3-6,15-19,34H,7-14H2,1-2H3,(H,35,39). The molecule has 0 radical (unpaired) electrons. The van der Waals surface area contributed by atoms with Crippen LogP contribution in [0.1, 0.15) is 31.1 Å². The van der Waals surface area contributed by atoms with E-state index in [1.54, 1.807) is 46.2 Å². The van der Waals surface area contributed by atoms with Crippen LogP contribution >= 0.6 is 0 Å². The normalized spacial score (nSPS) is 15.2. The molecule has 43 heavy (non-hydrogen) atoms. The molecular weight excluding hydrogens is 560 g/mol. The smallest absolute Gasteiger partial charge is 0.255 e. The van der Waals surface area contributed by atoms with Gasteiger partial charge in [-0.3, -0.25) is 14.4 Å². The first-order valence-electron chi connectivity index (χ1n) is 13.9. The molecule has 226 valence electrons. The number of methoxy groups -OCH3 is 2. The molecule has 2 heterocycles. The number of anilines is 2. The van der Waals surface area contributed by atoms with Crippen LogP contribution in [0, 0.1) is 11.6 Å². The van der Waals surface area contributed by atoms with E-state index in [-0.39, 0.29) is 17.4 Å². The molecule has 0 aliphatic carbocycles. The van der Waals surface area contributed by atoms with Crippen molar-refractivity contribution in [1.82, 2.24) is 15.1 Å². The highest BCUT2D eigenvalue weighted by Gasteiger charge is 2.26. The van der Waals surface area contributed by atoms with Crippen LogP contribution in [0.2, 0.25) is 0 Å². The van der Waals surface area contributed by atoms with Crippen molar-refractivity contribution in [2.75, 3.05) is 76.8 Å². The third-order valence-electron chi connectivity index (χ3n) is 7.56. The fourth-order valence-electron chi connectivity index (χ4n) is 5.28. The Bertz CT molecular complexity index is 1500. The van der Waals surface area contributed by atoms with E-state index in [2.05, 4.69) is 10.6 Å². The second-order valence-electron chi connectivity index (χ2n) is 10.2. The van der Waals surface area contributed by atoms with Crippen molar-refractivity contribution in [3.8, 4) is 11.5 Å². The monoisotopic (exact) mass is 593 g/mol. The van der Waals surface area contributed by atoms with Crippen LogP contribution in [-0.4, -0.2) is 94.1 Å². The molecule has 2 saturated heterocycles. The van der Waals surface area contributed by atoms with Gasteiger partial charge in [0.2, 0.25) is 0 Å². The molecular formula is C31H33F2N5O5. The summed E-state index contributed by atoms with van der Waals surface area (Å²) >= 11 is 0. The number of carbonyl (C=O) groups excluding carboxylic acids is 3. The number of benzene rings is 3. The van der Waals surface area contributed by atoms with Gasteiger partial charge in [0.25, 0.3) is 17.7 Å². The Labute approximate surface area is 248 Å². The number of ether oxygens (including phenoxy) is 2. The predicted octanol–water partition coefficient (Wildman–Crippen LogP) is 3.24. The molecule has 0 spiro atoms. The molecule has 2 aliphatic heterocycles. The maximum Gasteiger partial charge on any atom is 0.255 e. The lowest BCUT2D eigenvalue weighted by molar-refractivity contribution is 0.0731. The van der Waals surface area contributed by atoms with E-state index in [1.807, 2.05) is 4.90 Å². The SMILES string of the molecule is COc1ccc(C(=O)N2CCN(c3ccc(C(=O)N4CCNCC4)cc3NC(=O)c3cc(F)cc(F)c3)CC2)cc1OC. The molecule has 3 aromatic rings. The van der Waals surface area contributed by atoms with Crippen LogP contribution in [0.15, 0.2) is 54.6 Å². The second kappa shape index (κ2) is 13.1. The van der Waals surface area contributed by atoms with E-state index in [0.717, 1.165) is 12.1 Å². The third kappa shape index (κ3) is 6.69. The summed E-state index contributed by atoms with van der Waals surface area (Å²) in [6.07, 6.45) is 0. The fourth-order valence-corrected chi connectivity index (χ4v) is 5.28. The lowest BCUT2D eigenvalue weighted by Crippen LogP contribution is -2.49. The van der Waals surface area contributed by atoms with Crippen molar-refractivity contribution in [3.05, 3.63) is 82.9 Å². The number of nitrogens with zero attached hydrogens (tertiary/aromatic N) is 3. The van der Waals surface area contributed by atoms with Crippen LogP contribution < -0.4 is 25.0 Å². The van der Waals surface area contributed by atoms with Crippen LogP contribution in [0.25, 0.3) is 0 Å². The van der Waals surface area contributed by atoms with Gasteiger partial charge >= 0.3 is 0 Å². The largest absolute Gasteiger partial charge is 0.493 e. The Balaban J connectivity index is 1.37. The Morgan fingerprint density at radius 1 is 0.698 bits per heavy atom. The predicted molar refractivity (Wildman–Crippen MR) is 157 cm³/mol. The van der Waals surface area contributed by atoms with Gasteiger partial charge < -0.3 is 34.8 Å². The number of hydrogen-bond acceptors (Lipinski definition) is 7. The quantitative estimate of drug-likeness (QED) is 0.434. The maximum atomic E-state index is 13.8. The first-order valence-corrected chi connectivity index (χ1v) is 13.9. The van der Waals surface area contributed by atoms with Crippen molar-refractivity contribution >= 4 is 29.1 Å². The summed E-state index contributed by atoms with van der Waals surface area (Å²) < 4.78 is 38.3. The number of rotatable bonds is 7. The minimum atomic E-state index is -0.872. The number of hydrogen-bond donors (Lipinski definition) is 2. The Kier molecular flexibility index (Phi) is 9.05. The lowest BCUT2D eigenvalue weighted by atomic mass is 10.1. The zero-order valence-electron chi connectivity index (χ0n) is 24.0. The van der Waals surface area contributed by atoms with Crippen molar-refractivity contribution in [2.24, 2.45) is 0 Å². The number of nitrogens with one attached hydrogen (secondary N) is 2. The zero-order chi connectivity index (χ0) is 30.5. The molecule has 0 unspecified atom stereocenters. The van der Waals surface area contributed by atoms with E-state index in [1.165, 1.54) is 14.2 Å². The Morgan fingerprint density at radius 2 is 1.28 bits per heavy atom. The molecule has 12 heteroatoms. The van der Waals surface area contributed by atoms with E-state index in [4.69, 9.17) is 9.47 Å². The Hall–Kier alpha value is -4.71. The van der Waals surface area contributed by atoms with Crippen LogP contribution in [0.3, 0.4) is 0 Å². The first kappa shape index (κ1) is 29.8. The molecule has 0 aromatic heterocycles. The molecule has 2 fully saturated rings. The van der Waals surface area contributed by atoms with Crippen molar-refractivity contribution in [1.29, 1.82) is 0 Å². The van der Waals surface area contributed by atoms with Gasteiger partial charge in [0.1, 0.15) is 11.6 Å². The van der Waals surface area contributed by atoms with Crippen LogP contribution in [0.4, 0.5) is 20.2 Å². The van der Waals surface area contributed by atoms with E-state index < -0.39 is 17.5 Å². The number of halogens is 2. The molecule has 2 N–H and O–H groups in total. The highest BCUT2D eigenvalue weighted by atomic mass is 19.1. The highest BCUT2D eigenvalue weighted by Crippen LogP contribution is 2.31. The highest BCUT2D eigenvalue weighted by molar-refractivity contribution is 6.07. The van der Waals surface area contributed by atoms with Gasteiger partial charge in [0, 0.05) is 75.1 Å². The van der Waals surface area contributed by atoms with Gasteiger partial charge in [-0.25, -0.2) is 8.78 Å². The average Bonchev–Trinajstić information content (AvgIpc) is 3.03. The third-order valence-corrected chi connectivity index (χ3v) is 7.56. The summed E-state index contributed by atoms with van der Waals surface area (Å²) in [4.78, 5) is 45.0. The second-order valence-corrected chi connectivity index (χ2v) is 10.2. The van der Waals surface area contributed by atoms with E-state index in [9.17, 15) is 23.2 Å². The van der Waals surface area contributed by atoms with E-state index in [0.29, 0.717) is 92.4 Å².